The highest BCUT2D eigenvalue weighted by Crippen LogP contribution is 2.44. The third-order valence-corrected chi connectivity index (χ3v) is 4.52. The van der Waals surface area contributed by atoms with Gasteiger partial charge in [-0.05, 0) is 22.3 Å². The molecular formula is C22H16FN3O2. The Morgan fingerprint density at radius 3 is 2.29 bits per heavy atom. The zero-order chi connectivity index (χ0) is 19.3. The summed E-state index contributed by atoms with van der Waals surface area (Å²) >= 11 is 0. The summed E-state index contributed by atoms with van der Waals surface area (Å²) in [7, 11) is 0. The first kappa shape index (κ1) is 17.7. The van der Waals surface area contributed by atoms with E-state index >= 15 is 0 Å². The van der Waals surface area contributed by atoms with Crippen LogP contribution in [0.3, 0.4) is 0 Å². The molecule has 28 heavy (non-hydrogen) atoms. The van der Waals surface area contributed by atoms with Crippen molar-refractivity contribution in [2.45, 2.75) is 5.92 Å². The summed E-state index contributed by atoms with van der Waals surface area (Å²) in [6, 6.07) is 16.3. The number of amides is 1. The van der Waals surface area contributed by atoms with E-state index in [4.69, 9.17) is 4.74 Å². The molecule has 4 rings (SSSR count). The Morgan fingerprint density at radius 1 is 1.04 bits per heavy atom. The summed E-state index contributed by atoms with van der Waals surface area (Å²) in [5.41, 5.74) is 5.15. The van der Waals surface area contributed by atoms with Gasteiger partial charge >= 0.3 is 12.2 Å². The van der Waals surface area contributed by atoms with Crippen LogP contribution < -0.4 is 5.32 Å². The molecule has 138 valence electrons. The monoisotopic (exact) mass is 373 g/mol. The lowest BCUT2D eigenvalue weighted by Crippen LogP contribution is -2.26. The standard InChI is InChI=1S/C22H16FN3O2/c23-21-25-12-15(13-26-21)6-5-11-24-22(27)28-14-20-18-9-3-1-7-16(18)17-8-2-4-10-19(17)20/h1-4,7-10,12-13,20H,11,14H2,(H,24,27). The second-order valence-corrected chi connectivity index (χ2v) is 6.22. The molecule has 1 amide bonds. The van der Waals surface area contributed by atoms with E-state index in [0.29, 0.717) is 5.56 Å². The van der Waals surface area contributed by atoms with Gasteiger partial charge < -0.3 is 10.1 Å². The van der Waals surface area contributed by atoms with E-state index in [1.807, 2.05) is 24.3 Å². The van der Waals surface area contributed by atoms with E-state index in [9.17, 15) is 9.18 Å². The van der Waals surface area contributed by atoms with Crippen LogP contribution in [0.5, 0.6) is 0 Å². The van der Waals surface area contributed by atoms with Crippen molar-refractivity contribution in [3.05, 3.63) is 83.7 Å². The lowest BCUT2D eigenvalue weighted by Gasteiger charge is -2.14. The van der Waals surface area contributed by atoms with Crippen molar-refractivity contribution < 1.29 is 13.9 Å². The minimum absolute atomic E-state index is 0.0144. The van der Waals surface area contributed by atoms with Crippen LogP contribution in [0.1, 0.15) is 22.6 Å². The second kappa shape index (κ2) is 7.89. The lowest BCUT2D eigenvalue weighted by atomic mass is 9.98. The maximum atomic E-state index is 12.6. The number of nitrogens with one attached hydrogen (secondary N) is 1. The molecule has 1 aromatic heterocycles. The molecule has 1 N–H and O–H groups in total. The van der Waals surface area contributed by atoms with Gasteiger partial charge in [-0.3, -0.25) is 0 Å². The zero-order valence-electron chi connectivity index (χ0n) is 14.9. The zero-order valence-corrected chi connectivity index (χ0v) is 14.9. The summed E-state index contributed by atoms with van der Waals surface area (Å²) in [6.07, 6.45) is 1.22. The van der Waals surface area contributed by atoms with Gasteiger partial charge in [0, 0.05) is 18.3 Å². The Bertz CT molecular complexity index is 1030. The number of hydrogen-bond donors (Lipinski definition) is 1. The number of benzene rings is 2. The number of fused-ring (bicyclic) bond motifs is 3. The Labute approximate surface area is 161 Å². The Kier molecular flexibility index (Phi) is 4.98. The third kappa shape index (κ3) is 3.69. The van der Waals surface area contributed by atoms with Crippen LogP contribution in [0.2, 0.25) is 0 Å². The van der Waals surface area contributed by atoms with Gasteiger partial charge in [-0.15, -0.1) is 0 Å². The molecule has 0 radical (unpaired) electrons. The molecule has 0 saturated carbocycles. The van der Waals surface area contributed by atoms with Crippen LogP contribution in [0.4, 0.5) is 9.18 Å². The molecule has 0 bridgehead atoms. The molecule has 3 aromatic rings. The topological polar surface area (TPSA) is 64.1 Å². The molecule has 0 atom stereocenters. The first-order chi connectivity index (χ1) is 13.7. The van der Waals surface area contributed by atoms with Crippen LogP contribution >= 0.6 is 0 Å². The number of alkyl carbamates (subject to hydrolysis) is 1. The van der Waals surface area contributed by atoms with Gasteiger partial charge in [-0.1, -0.05) is 60.4 Å². The Balaban J connectivity index is 1.35. The Morgan fingerprint density at radius 2 is 1.64 bits per heavy atom. The maximum Gasteiger partial charge on any atom is 0.407 e. The fraction of sp³-hybridized carbons (Fsp3) is 0.136. The summed E-state index contributed by atoms with van der Waals surface area (Å²) in [6.45, 7) is 0.354. The van der Waals surface area contributed by atoms with Crippen molar-refractivity contribution in [2.75, 3.05) is 13.2 Å². The quantitative estimate of drug-likeness (QED) is 0.564. The average Bonchev–Trinajstić information content (AvgIpc) is 3.05. The van der Waals surface area contributed by atoms with Gasteiger partial charge in [0.05, 0.1) is 12.1 Å². The highest BCUT2D eigenvalue weighted by Gasteiger charge is 2.28. The van der Waals surface area contributed by atoms with Gasteiger partial charge in [-0.25, -0.2) is 14.8 Å². The number of aromatic nitrogens is 2. The van der Waals surface area contributed by atoms with E-state index < -0.39 is 12.2 Å². The molecule has 0 saturated heterocycles. The lowest BCUT2D eigenvalue weighted by molar-refractivity contribution is 0.144. The van der Waals surface area contributed by atoms with Crippen molar-refractivity contribution in [3.63, 3.8) is 0 Å². The number of carbonyl (C=O) groups excluding carboxylic acids is 1. The van der Waals surface area contributed by atoms with E-state index in [0.717, 1.165) is 11.1 Å². The van der Waals surface area contributed by atoms with E-state index in [2.05, 4.69) is 51.4 Å². The summed E-state index contributed by atoms with van der Waals surface area (Å²) in [4.78, 5) is 18.8. The maximum absolute atomic E-state index is 12.6. The van der Waals surface area contributed by atoms with E-state index in [1.54, 1.807) is 0 Å². The van der Waals surface area contributed by atoms with E-state index in [-0.39, 0.29) is 19.1 Å². The highest BCUT2D eigenvalue weighted by atomic mass is 19.1. The predicted octanol–water partition coefficient (Wildman–Crippen LogP) is 3.51. The van der Waals surface area contributed by atoms with Gasteiger partial charge in [0.25, 0.3) is 0 Å². The predicted molar refractivity (Wildman–Crippen MR) is 102 cm³/mol. The van der Waals surface area contributed by atoms with Crippen LogP contribution in [-0.4, -0.2) is 29.2 Å². The molecular weight excluding hydrogens is 357 g/mol. The number of hydrogen-bond acceptors (Lipinski definition) is 4. The van der Waals surface area contributed by atoms with Crippen LogP contribution in [-0.2, 0) is 4.74 Å². The summed E-state index contributed by atoms with van der Waals surface area (Å²) < 4.78 is 18.1. The molecule has 1 heterocycles. The first-order valence-electron chi connectivity index (χ1n) is 8.77. The molecule has 5 nitrogen and oxygen atoms in total. The fourth-order valence-corrected chi connectivity index (χ4v) is 3.29. The summed E-state index contributed by atoms with van der Waals surface area (Å²) in [5, 5.41) is 2.59. The normalized spacial score (nSPS) is 11.8. The highest BCUT2D eigenvalue weighted by molar-refractivity contribution is 5.79. The fourth-order valence-electron chi connectivity index (χ4n) is 3.29. The molecule has 0 aliphatic heterocycles. The number of ether oxygens (including phenoxy) is 1. The van der Waals surface area contributed by atoms with Crippen molar-refractivity contribution >= 4 is 6.09 Å². The number of carbonyl (C=O) groups is 1. The molecule has 1 aliphatic carbocycles. The van der Waals surface area contributed by atoms with E-state index in [1.165, 1.54) is 23.5 Å². The molecule has 0 spiro atoms. The second-order valence-electron chi connectivity index (χ2n) is 6.22. The minimum atomic E-state index is -0.803. The van der Waals surface area contributed by atoms with Crippen molar-refractivity contribution in [3.8, 4) is 23.0 Å². The van der Waals surface area contributed by atoms with Gasteiger partial charge in [0.2, 0.25) is 0 Å². The first-order valence-corrected chi connectivity index (χ1v) is 8.77. The van der Waals surface area contributed by atoms with Crippen molar-refractivity contribution in [2.24, 2.45) is 0 Å². The molecule has 1 aliphatic rings. The van der Waals surface area contributed by atoms with Crippen LogP contribution in [0.15, 0.2) is 60.9 Å². The Hall–Kier alpha value is -3.72. The number of nitrogens with zero attached hydrogens (tertiary/aromatic N) is 2. The largest absolute Gasteiger partial charge is 0.449 e. The van der Waals surface area contributed by atoms with Gasteiger partial charge in [-0.2, -0.15) is 4.39 Å². The van der Waals surface area contributed by atoms with Crippen molar-refractivity contribution in [1.29, 1.82) is 0 Å². The van der Waals surface area contributed by atoms with Gasteiger partial charge in [0.15, 0.2) is 0 Å². The third-order valence-electron chi connectivity index (χ3n) is 4.52. The van der Waals surface area contributed by atoms with Crippen molar-refractivity contribution in [1.82, 2.24) is 15.3 Å². The average molecular weight is 373 g/mol. The minimum Gasteiger partial charge on any atom is -0.449 e. The van der Waals surface area contributed by atoms with Crippen LogP contribution in [0.25, 0.3) is 11.1 Å². The number of halogens is 1. The SMILES string of the molecule is O=C(NCC#Cc1cnc(F)nc1)OCC1c2ccccc2-c2ccccc21. The van der Waals surface area contributed by atoms with Gasteiger partial charge in [0.1, 0.15) is 6.61 Å². The summed E-state index contributed by atoms with van der Waals surface area (Å²) in [5.74, 6) is 5.50. The molecule has 0 fully saturated rings. The van der Waals surface area contributed by atoms with Crippen LogP contribution in [0, 0.1) is 17.9 Å². The molecule has 2 aromatic carbocycles. The molecule has 0 unspecified atom stereocenters. The number of rotatable bonds is 3. The smallest absolute Gasteiger partial charge is 0.407 e. The molecule has 6 heteroatoms.